The minimum Gasteiger partial charge on any atom is -0.303 e. The molecule has 2 aliphatic heterocycles. The van der Waals surface area contributed by atoms with Gasteiger partial charge in [0.25, 0.3) is 11.8 Å². The Labute approximate surface area is 161 Å². The average Bonchev–Trinajstić information content (AvgIpc) is 3.38. The van der Waals surface area contributed by atoms with Crippen LogP contribution in [0.1, 0.15) is 52.8 Å². The number of hydrogen-bond acceptors (Lipinski definition) is 4. The van der Waals surface area contributed by atoms with Crippen LogP contribution in [0.2, 0.25) is 0 Å². The zero-order chi connectivity index (χ0) is 18.6. The number of carbonyl (C=O) groups is 3. The fourth-order valence-corrected chi connectivity index (χ4v) is 5.63. The maximum absolute atomic E-state index is 13.1. The highest BCUT2D eigenvalue weighted by Crippen LogP contribution is 2.48. The molecule has 0 bridgehead atoms. The summed E-state index contributed by atoms with van der Waals surface area (Å²) in [5, 5.41) is 3.01. The van der Waals surface area contributed by atoms with Crippen LogP contribution in [0.4, 0.5) is 5.00 Å². The predicted octanol–water partition coefficient (Wildman–Crippen LogP) is 3.71. The van der Waals surface area contributed by atoms with E-state index < -0.39 is 0 Å². The smallest absolute Gasteiger partial charge is 0.261 e. The highest BCUT2D eigenvalue weighted by molar-refractivity contribution is 7.14. The van der Waals surface area contributed by atoms with E-state index in [0.717, 1.165) is 30.8 Å². The van der Waals surface area contributed by atoms with Gasteiger partial charge in [0, 0.05) is 12.6 Å². The quantitative estimate of drug-likeness (QED) is 0.747. The van der Waals surface area contributed by atoms with Gasteiger partial charge in [0.15, 0.2) is 0 Å². The molecule has 5 nitrogen and oxygen atoms in total. The lowest BCUT2D eigenvalue weighted by atomic mass is 9.71. The zero-order valence-electron chi connectivity index (χ0n) is 14.9. The summed E-state index contributed by atoms with van der Waals surface area (Å²) in [5.41, 5.74) is 0.686. The summed E-state index contributed by atoms with van der Waals surface area (Å²) in [6.45, 7) is 0.761. The summed E-state index contributed by atoms with van der Waals surface area (Å²) in [5.74, 6) is -0.158. The monoisotopic (exact) mass is 380 g/mol. The molecule has 3 amide bonds. The molecule has 3 heterocycles. The van der Waals surface area contributed by atoms with Gasteiger partial charge in [-0.05, 0) is 61.7 Å². The standard InChI is InChI=1S/C21H20N2O3S/c24-18-15-4-1-2-5-16(15)19(25)23(18)14-7-9-21(10-8-14)11-12-22(20(21)26)17-6-3-13-27-17/h1-6,13-14H,7-12H2. The Bertz CT molecular complexity index is 894. The third kappa shape index (κ3) is 2.39. The lowest BCUT2D eigenvalue weighted by molar-refractivity contribution is -0.127. The molecular weight excluding hydrogens is 360 g/mol. The number of nitrogens with zero attached hydrogens (tertiary/aromatic N) is 2. The number of thiophene rings is 1. The van der Waals surface area contributed by atoms with Gasteiger partial charge >= 0.3 is 0 Å². The van der Waals surface area contributed by atoms with Crippen molar-refractivity contribution in [2.75, 3.05) is 11.4 Å². The van der Waals surface area contributed by atoms with Gasteiger partial charge in [-0.15, -0.1) is 11.3 Å². The Balaban J connectivity index is 1.32. The molecule has 1 spiro atoms. The van der Waals surface area contributed by atoms with Gasteiger partial charge in [-0.3, -0.25) is 19.3 Å². The molecular formula is C21H20N2O3S. The molecule has 0 atom stereocenters. The van der Waals surface area contributed by atoms with E-state index in [2.05, 4.69) is 0 Å². The van der Waals surface area contributed by atoms with Gasteiger partial charge in [0.2, 0.25) is 5.91 Å². The summed E-state index contributed by atoms with van der Waals surface area (Å²) in [6, 6.07) is 10.9. The van der Waals surface area contributed by atoms with Crippen molar-refractivity contribution >= 4 is 34.1 Å². The van der Waals surface area contributed by atoms with Gasteiger partial charge in [0.1, 0.15) is 0 Å². The largest absolute Gasteiger partial charge is 0.303 e. The molecule has 27 heavy (non-hydrogen) atoms. The lowest BCUT2D eigenvalue weighted by Gasteiger charge is -2.38. The molecule has 138 valence electrons. The van der Waals surface area contributed by atoms with Crippen molar-refractivity contribution in [2.45, 2.75) is 38.1 Å². The van der Waals surface area contributed by atoms with Crippen molar-refractivity contribution in [3.8, 4) is 0 Å². The third-order valence-electron chi connectivity index (χ3n) is 6.39. The summed E-state index contributed by atoms with van der Waals surface area (Å²) in [4.78, 5) is 41.9. The summed E-state index contributed by atoms with van der Waals surface area (Å²) < 4.78 is 0. The van der Waals surface area contributed by atoms with Gasteiger partial charge in [0.05, 0.1) is 21.5 Å². The molecule has 3 aliphatic rings. The van der Waals surface area contributed by atoms with E-state index >= 15 is 0 Å². The van der Waals surface area contributed by atoms with E-state index in [9.17, 15) is 14.4 Å². The van der Waals surface area contributed by atoms with E-state index in [1.165, 1.54) is 4.90 Å². The Morgan fingerprint density at radius 1 is 0.889 bits per heavy atom. The summed E-state index contributed by atoms with van der Waals surface area (Å²) in [7, 11) is 0. The first-order valence-electron chi connectivity index (χ1n) is 9.43. The topological polar surface area (TPSA) is 57.7 Å². The van der Waals surface area contributed by atoms with Crippen LogP contribution >= 0.6 is 11.3 Å². The molecule has 1 aromatic heterocycles. The van der Waals surface area contributed by atoms with Crippen molar-refractivity contribution < 1.29 is 14.4 Å². The number of amides is 3. The highest BCUT2D eigenvalue weighted by Gasteiger charge is 2.51. The number of fused-ring (bicyclic) bond motifs is 1. The van der Waals surface area contributed by atoms with Gasteiger partial charge in [-0.25, -0.2) is 0 Å². The molecule has 2 fully saturated rings. The number of imide groups is 1. The fourth-order valence-electron chi connectivity index (χ4n) is 4.87. The number of anilines is 1. The van der Waals surface area contributed by atoms with Crippen molar-refractivity contribution in [1.82, 2.24) is 4.90 Å². The van der Waals surface area contributed by atoms with E-state index in [1.807, 2.05) is 22.4 Å². The molecule has 0 radical (unpaired) electrons. The van der Waals surface area contributed by atoms with Crippen LogP contribution in [0, 0.1) is 5.41 Å². The molecule has 0 N–H and O–H groups in total. The summed E-state index contributed by atoms with van der Waals surface area (Å²) >= 11 is 1.59. The van der Waals surface area contributed by atoms with Crippen LogP contribution < -0.4 is 4.90 Å². The first-order valence-corrected chi connectivity index (χ1v) is 10.3. The zero-order valence-corrected chi connectivity index (χ0v) is 15.7. The number of carbonyl (C=O) groups excluding carboxylic acids is 3. The van der Waals surface area contributed by atoms with Crippen molar-refractivity contribution in [1.29, 1.82) is 0 Å². The molecule has 1 aromatic carbocycles. The van der Waals surface area contributed by atoms with Gasteiger partial charge < -0.3 is 4.90 Å². The second-order valence-electron chi connectivity index (χ2n) is 7.70. The van der Waals surface area contributed by atoms with Crippen molar-refractivity contribution in [3.05, 3.63) is 52.9 Å². The van der Waals surface area contributed by atoms with Crippen LogP contribution in [0.3, 0.4) is 0 Å². The molecule has 1 saturated carbocycles. The molecule has 2 aromatic rings. The molecule has 6 heteroatoms. The fraction of sp³-hybridized carbons (Fsp3) is 0.381. The van der Waals surface area contributed by atoms with Crippen molar-refractivity contribution in [3.63, 3.8) is 0 Å². The highest BCUT2D eigenvalue weighted by atomic mass is 32.1. The van der Waals surface area contributed by atoms with E-state index in [0.29, 0.717) is 24.0 Å². The second-order valence-corrected chi connectivity index (χ2v) is 8.62. The van der Waals surface area contributed by atoms with Crippen molar-refractivity contribution in [2.24, 2.45) is 5.41 Å². The predicted molar refractivity (Wildman–Crippen MR) is 103 cm³/mol. The average molecular weight is 380 g/mol. The normalized spacial score (nSPS) is 27.7. The Morgan fingerprint density at radius 2 is 1.56 bits per heavy atom. The Morgan fingerprint density at radius 3 is 2.15 bits per heavy atom. The first kappa shape index (κ1) is 16.7. The lowest BCUT2D eigenvalue weighted by Crippen LogP contribution is -2.46. The second kappa shape index (κ2) is 6.02. The molecule has 1 saturated heterocycles. The molecule has 0 unspecified atom stereocenters. The van der Waals surface area contributed by atoms with Crippen LogP contribution in [0.5, 0.6) is 0 Å². The van der Waals surface area contributed by atoms with Crippen LogP contribution in [0.25, 0.3) is 0 Å². The third-order valence-corrected chi connectivity index (χ3v) is 7.28. The van der Waals surface area contributed by atoms with Crippen LogP contribution in [0.15, 0.2) is 41.8 Å². The van der Waals surface area contributed by atoms with E-state index in [1.54, 1.807) is 35.6 Å². The van der Waals surface area contributed by atoms with Crippen LogP contribution in [-0.4, -0.2) is 35.2 Å². The number of hydrogen-bond donors (Lipinski definition) is 0. The number of benzene rings is 1. The molecule has 5 rings (SSSR count). The Hall–Kier alpha value is -2.47. The maximum atomic E-state index is 13.1. The van der Waals surface area contributed by atoms with E-state index in [4.69, 9.17) is 0 Å². The summed E-state index contributed by atoms with van der Waals surface area (Å²) in [6.07, 6.45) is 3.75. The minimum absolute atomic E-state index is 0.105. The SMILES string of the molecule is O=C1c2ccccc2C(=O)N1C1CCC2(CC1)CCN(c1cccs1)C2=O. The maximum Gasteiger partial charge on any atom is 0.261 e. The van der Waals surface area contributed by atoms with Gasteiger partial charge in [-0.1, -0.05) is 12.1 Å². The van der Waals surface area contributed by atoms with Gasteiger partial charge in [-0.2, -0.15) is 0 Å². The van der Waals surface area contributed by atoms with Crippen LogP contribution in [-0.2, 0) is 4.79 Å². The minimum atomic E-state index is -0.320. The van der Waals surface area contributed by atoms with E-state index in [-0.39, 0.29) is 29.2 Å². The Kier molecular flexibility index (Phi) is 3.72. The first-order chi connectivity index (χ1) is 13.1. The molecule has 1 aliphatic carbocycles. The number of rotatable bonds is 2.